The SMILES string of the molecule is COC(=S)CCC(=O)c1cccc(Cl)c1. The predicted octanol–water partition coefficient (Wildman–Crippen LogP) is 3.28. The Hall–Kier alpha value is -0.930. The van der Waals surface area contributed by atoms with Crippen LogP contribution < -0.4 is 0 Å². The molecule has 0 aliphatic carbocycles. The summed E-state index contributed by atoms with van der Waals surface area (Å²) in [5.74, 6) is 0.0249. The average Bonchev–Trinajstić information content (AvgIpc) is 2.25. The number of thiocarbonyl (C=S) groups is 1. The Morgan fingerprint density at radius 2 is 2.20 bits per heavy atom. The molecular weight excluding hydrogens is 232 g/mol. The number of ether oxygens (including phenoxy) is 1. The monoisotopic (exact) mass is 242 g/mol. The molecular formula is C11H11ClO2S. The van der Waals surface area contributed by atoms with E-state index in [4.69, 9.17) is 28.6 Å². The summed E-state index contributed by atoms with van der Waals surface area (Å²) in [6, 6.07) is 6.88. The van der Waals surface area contributed by atoms with Crippen LogP contribution in [0.3, 0.4) is 0 Å². The Bertz CT molecular complexity index is 377. The molecule has 4 heteroatoms. The molecule has 0 unspecified atom stereocenters. The van der Waals surface area contributed by atoms with Gasteiger partial charge in [0.15, 0.2) is 10.8 Å². The van der Waals surface area contributed by atoms with E-state index in [9.17, 15) is 4.79 Å². The number of rotatable bonds is 4. The minimum Gasteiger partial charge on any atom is -0.490 e. The van der Waals surface area contributed by atoms with Gasteiger partial charge >= 0.3 is 0 Å². The molecule has 1 aromatic carbocycles. The van der Waals surface area contributed by atoms with Gasteiger partial charge in [-0.05, 0) is 24.4 Å². The summed E-state index contributed by atoms with van der Waals surface area (Å²) in [6.45, 7) is 0. The van der Waals surface area contributed by atoms with E-state index in [0.29, 0.717) is 28.5 Å². The molecule has 0 fully saturated rings. The van der Waals surface area contributed by atoms with Crippen molar-refractivity contribution in [3.05, 3.63) is 34.9 Å². The Labute approximate surface area is 99.2 Å². The molecule has 15 heavy (non-hydrogen) atoms. The lowest BCUT2D eigenvalue weighted by Crippen LogP contribution is -2.04. The summed E-state index contributed by atoms with van der Waals surface area (Å²) in [7, 11) is 1.51. The fourth-order valence-electron chi connectivity index (χ4n) is 1.12. The summed E-state index contributed by atoms with van der Waals surface area (Å²) in [6.07, 6.45) is 0.824. The van der Waals surface area contributed by atoms with Gasteiger partial charge in [0.2, 0.25) is 0 Å². The number of carbonyl (C=O) groups excluding carboxylic acids is 1. The van der Waals surface area contributed by atoms with Gasteiger partial charge in [-0.15, -0.1) is 0 Å². The maximum Gasteiger partial charge on any atom is 0.163 e. The molecule has 0 amide bonds. The van der Waals surface area contributed by atoms with Crippen molar-refractivity contribution in [2.45, 2.75) is 12.8 Å². The highest BCUT2D eigenvalue weighted by Gasteiger charge is 2.07. The average molecular weight is 243 g/mol. The van der Waals surface area contributed by atoms with Gasteiger partial charge in [0, 0.05) is 23.4 Å². The van der Waals surface area contributed by atoms with Crippen LogP contribution in [0, 0.1) is 0 Å². The maximum absolute atomic E-state index is 11.6. The van der Waals surface area contributed by atoms with Crippen LogP contribution in [0.5, 0.6) is 0 Å². The molecule has 0 spiro atoms. The third-order valence-corrected chi connectivity index (χ3v) is 2.54. The van der Waals surface area contributed by atoms with Crippen molar-refractivity contribution in [3.8, 4) is 0 Å². The van der Waals surface area contributed by atoms with Crippen LogP contribution in [0.25, 0.3) is 0 Å². The Balaban J connectivity index is 2.58. The van der Waals surface area contributed by atoms with Gasteiger partial charge in [-0.3, -0.25) is 4.79 Å². The van der Waals surface area contributed by atoms with E-state index < -0.39 is 0 Å². The third-order valence-electron chi connectivity index (χ3n) is 1.93. The lowest BCUT2D eigenvalue weighted by Gasteiger charge is -2.02. The highest BCUT2D eigenvalue weighted by molar-refractivity contribution is 7.80. The summed E-state index contributed by atoms with van der Waals surface area (Å²) in [4.78, 5) is 11.6. The number of ketones is 1. The smallest absolute Gasteiger partial charge is 0.163 e. The maximum atomic E-state index is 11.6. The lowest BCUT2D eigenvalue weighted by molar-refractivity contribution is 0.0983. The van der Waals surface area contributed by atoms with Crippen molar-refractivity contribution in [1.82, 2.24) is 0 Å². The molecule has 0 bridgehead atoms. The molecule has 80 valence electrons. The molecule has 0 aromatic heterocycles. The van der Waals surface area contributed by atoms with Gasteiger partial charge in [0.25, 0.3) is 0 Å². The molecule has 1 aromatic rings. The number of halogens is 1. The molecule has 0 radical (unpaired) electrons. The van der Waals surface area contributed by atoms with Crippen molar-refractivity contribution in [2.24, 2.45) is 0 Å². The molecule has 0 saturated heterocycles. The van der Waals surface area contributed by atoms with Crippen LogP contribution in [0.4, 0.5) is 0 Å². The standard InChI is InChI=1S/C11H11ClO2S/c1-14-11(15)6-5-10(13)8-3-2-4-9(12)7-8/h2-4,7H,5-6H2,1H3. The minimum atomic E-state index is 0.0249. The van der Waals surface area contributed by atoms with Gasteiger partial charge in [0.1, 0.15) is 0 Å². The highest BCUT2D eigenvalue weighted by atomic mass is 35.5. The van der Waals surface area contributed by atoms with Gasteiger partial charge in [-0.2, -0.15) is 0 Å². The first-order chi connectivity index (χ1) is 7.13. The zero-order valence-electron chi connectivity index (χ0n) is 8.33. The number of benzene rings is 1. The molecule has 0 saturated carbocycles. The fraction of sp³-hybridized carbons (Fsp3) is 0.273. The van der Waals surface area contributed by atoms with Crippen molar-refractivity contribution >= 4 is 34.7 Å². The summed E-state index contributed by atoms with van der Waals surface area (Å²) < 4.78 is 4.81. The van der Waals surface area contributed by atoms with Crippen molar-refractivity contribution < 1.29 is 9.53 Å². The van der Waals surface area contributed by atoms with E-state index in [-0.39, 0.29) is 5.78 Å². The molecule has 0 heterocycles. The number of carbonyl (C=O) groups is 1. The first kappa shape index (κ1) is 12.1. The van der Waals surface area contributed by atoms with Gasteiger partial charge in [0.05, 0.1) is 7.11 Å². The van der Waals surface area contributed by atoms with Crippen molar-refractivity contribution in [1.29, 1.82) is 0 Å². The molecule has 0 atom stereocenters. The van der Waals surface area contributed by atoms with Gasteiger partial charge in [-0.1, -0.05) is 23.7 Å². The van der Waals surface area contributed by atoms with E-state index in [1.807, 2.05) is 0 Å². The van der Waals surface area contributed by atoms with Crippen LogP contribution in [0.15, 0.2) is 24.3 Å². The van der Waals surface area contributed by atoms with Crippen LogP contribution in [0.1, 0.15) is 23.2 Å². The van der Waals surface area contributed by atoms with Gasteiger partial charge < -0.3 is 4.74 Å². The Kier molecular flexibility index (Phi) is 4.72. The first-order valence-electron chi connectivity index (χ1n) is 4.49. The number of hydrogen-bond donors (Lipinski definition) is 0. The lowest BCUT2D eigenvalue weighted by atomic mass is 10.1. The van der Waals surface area contributed by atoms with E-state index >= 15 is 0 Å². The van der Waals surface area contributed by atoms with Crippen LogP contribution >= 0.6 is 23.8 Å². The number of Topliss-reactive ketones (excluding diaryl/α,β-unsaturated/α-hetero) is 1. The van der Waals surface area contributed by atoms with Gasteiger partial charge in [-0.25, -0.2) is 0 Å². The molecule has 0 aliphatic rings. The highest BCUT2D eigenvalue weighted by Crippen LogP contribution is 2.13. The molecule has 0 N–H and O–H groups in total. The minimum absolute atomic E-state index is 0.0249. The van der Waals surface area contributed by atoms with E-state index in [0.717, 1.165) is 0 Å². The van der Waals surface area contributed by atoms with E-state index in [1.165, 1.54) is 7.11 Å². The zero-order valence-corrected chi connectivity index (χ0v) is 9.90. The fourth-order valence-corrected chi connectivity index (χ4v) is 1.42. The van der Waals surface area contributed by atoms with E-state index in [2.05, 4.69) is 0 Å². The van der Waals surface area contributed by atoms with Crippen LogP contribution in [-0.2, 0) is 4.74 Å². The molecule has 1 rings (SSSR count). The molecule has 2 nitrogen and oxygen atoms in total. The largest absolute Gasteiger partial charge is 0.490 e. The normalized spacial score (nSPS) is 9.73. The van der Waals surface area contributed by atoms with Crippen LogP contribution in [-0.4, -0.2) is 17.9 Å². The third kappa shape index (κ3) is 3.98. The predicted molar refractivity (Wildman–Crippen MR) is 64.6 cm³/mol. The first-order valence-corrected chi connectivity index (χ1v) is 5.27. The quantitative estimate of drug-likeness (QED) is 0.599. The zero-order chi connectivity index (χ0) is 11.3. The Morgan fingerprint density at radius 3 is 2.80 bits per heavy atom. The van der Waals surface area contributed by atoms with Crippen molar-refractivity contribution in [3.63, 3.8) is 0 Å². The molecule has 0 aliphatic heterocycles. The second kappa shape index (κ2) is 5.83. The number of methoxy groups -OCH3 is 1. The second-order valence-electron chi connectivity index (χ2n) is 3.01. The Morgan fingerprint density at radius 1 is 1.47 bits per heavy atom. The van der Waals surface area contributed by atoms with Crippen LogP contribution in [0.2, 0.25) is 5.02 Å². The topological polar surface area (TPSA) is 26.3 Å². The second-order valence-corrected chi connectivity index (χ2v) is 3.90. The van der Waals surface area contributed by atoms with Crippen molar-refractivity contribution in [2.75, 3.05) is 7.11 Å². The summed E-state index contributed by atoms with van der Waals surface area (Å²) in [5.41, 5.74) is 0.612. The van der Waals surface area contributed by atoms with E-state index in [1.54, 1.807) is 24.3 Å². The number of hydrogen-bond acceptors (Lipinski definition) is 3. The summed E-state index contributed by atoms with van der Waals surface area (Å²) >= 11 is 10.6. The summed E-state index contributed by atoms with van der Waals surface area (Å²) in [5, 5.41) is 1.01.